The zero-order chi connectivity index (χ0) is 14.5. The Morgan fingerprint density at radius 2 is 2.20 bits per heavy atom. The molecule has 1 N–H and O–H groups in total. The predicted octanol–water partition coefficient (Wildman–Crippen LogP) is 3.79. The van der Waals surface area contributed by atoms with Gasteiger partial charge in [-0.05, 0) is 42.5 Å². The van der Waals surface area contributed by atoms with E-state index in [-0.39, 0.29) is 12.6 Å². The zero-order valence-electron chi connectivity index (χ0n) is 12.3. The molecule has 2 aromatic heterocycles. The van der Waals surface area contributed by atoms with Gasteiger partial charge in [0, 0.05) is 17.6 Å². The molecule has 2 heterocycles. The highest BCUT2D eigenvalue weighted by molar-refractivity contribution is 7.10. The van der Waals surface area contributed by atoms with Gasteiger partial charge in [-0.2, -0.15) is 0 Å². The number of aromatic nitrogens is 1. The molecule has 0 aliphatic heterocycles. The minimum Gasteiger partial charge on any atom is -0.392 e. The molecule has 0 saturated carbocycles. The largest absolute Gasteiger partial charge is 0.392 e. The first-order valence-corrected chi connectivity index (χ1v) is 7.90. The van der Waals surface area contributed by atoms with Gasteiger partial charge in [-0.25, -0.2) is 4.98 Å². The summed E-state index contributed by atoms with van der Waals surface area (Å²) in [4.78, 5) is 8.21. The molecule has 0 spiro atoms. The molecule has 20 heavy (non-hydrogen) atoms. The summed E-state index contributed by atoms with van der Waals surface area (Å²) in [6.07, 6.45) is 2.01. The fraction of sp³-hybridized carbons (Fsp3) is 0.438. The average molecular weight is 290 g/mol. The minimum absolute atomic E-state index is 0.0630. The van der Waals surface area contributed by atoms with E-state index in [4.69, 9.17) is 4.98 Å². The SMILES string of the molecule is CCCc1cc(CO)cc(N(C)C(C)c2cccs2)n1. The lowest BCUT2D eigenvalue weighted by molar-refractivity contribution is 0.281. The van der Waals surface area contributed by atoms with Crippen molar-refractivity contribution in [3.63, 3.8) is 0 Å². The maximum atomic E-state index is 9.41. The van der Waals surface area contributed by atoms with Crippen LogP contribution in [0.1, 0.15) is 42.4 Å². The summed E-state index contributed by atoms with van der Waals surface area (Å²) < 4.78 is 0. The van der Waals surface area contributed by atoms with E-state index in [1.807, 2.05) is 12.1 Å². The highest BCUT2D eigenvalue weighted by Gasteiger charge is 2.15. The smallest absolute Gasteiger partial charge is 0.129 e. The van der Waals surface area contributed by atoms with Crippen LogP contribution in [0.4, 0.5) is 5.82 Å². The van der Waals surface area contributed by atoms with Gasteiger partial charge in [-0.1, -0.05) is 19.4 Å². The Labute approximate surface area is 124 Å². The van der Waals surface area contributed by atoms with Gasteiger partial charge in [0.25, 0.3) is 0 Å². The molecule has 0 radical (unpaired) electrons. The fourth-order valence-electron chi connectivity index (χ4n) is 2.21. The van der Waals surface area contributed by atoms with Gasteiger partial charge in [-0.15, -0.1) is 11.3 Å². The Morgan fingerprint density at radius 1 is 1.40 bits per heavy atom. The van der Waals surface area contributed by atoms with Crippen molar-refractivity contribution in [3.8, 4) is 0 Å². The predicted molar refractivity (Wildman–Crippen MR) is 85.3 cm³/mol. The number of nitrogens with zero attached hydrogens (tertiary/aromatic N) is 2. The first-order valence-electron chi connectivity index (χ1n) is 7.02. The van der Waals surface area contributed by atoms with Gasteiger partial charge >= 0.3 is 0 Å². The summed E-state index contributed by atoms with van der Waals surface area (Å²) in [5.74, 6) is 0.931. The molecule has 3 nitrogen and oxygen atoms in total. The first-order chi connectivity index (χ1) is 9.65. The Hall–Kier alpha value is -1.39. The van der Waals surface area contributed by atoms with E-state index in [0.29, 0.717) is 0 Å². The number of pyridine rings is 1. The number of rotatable bonds is 6. The topological polar surface area (TPSA) is 36.4 Å². The van der Waals surface area contributed by atoms with E-state index < -0.39 is 0 Å². The molecule has 0 aliphatic rings. The maximum absolute atomic E-state index is 9.41. The standard InChI is InChI=1S/C16H22N2OS/c1-4-6-14-9-13(11-19)10-16(17-14)18(3)12(2)15-7-5-8-20-15/h5,7-10,12,19H,4,6,11H2,1-3H3. The van der Waals surface area contributed by atoms with Crippen LogP contribution in [-0.4, -0.2) is 17.1 Å². The molecule has 0 aliphatic carbocycles. The third-order valence-corrected chi connectivity index (χ3v) is 4.55. The number of anilines is 1. The highest BCUT2D eigenvalue weighted by Crippen LogP contribution is 2.28. The van der Waals surface area contributed by atoms with Crippen LogP contribution in [0.2, 0.25) is 0 Å². The van der Waals surface area contributed by atoms with Gasteiger partial charge in [0.1, 0.15) is 5.82 Å². The third kappa shape index (κ3) is 3.38. The quantitative estimate of drug-likeness (QED) is 0.879. The monoisotopic (exact) mass is 290 g/mol. The first kappa shape index (κ1) is 15.0. The summed E-state index contributed by atoms with van der Waals surface area (Å²) in [5, 5.41) is 11.5. The van der Waals surface area contributed by atoms with E-state index in [1.54, 1.807) is 11.3 Å². The lowest BCUT2D eigenvalue weighted by Crippen LogP contribution is -2.22. The molecule has 2 rings (SSSR count). The van der Waals surface area contributed by atoms with Crippen LogP contribution in [0.25, 0.3) is 0 Å². The summed E-state index contributed by atoms with van der Waals surface area (Å²) in [5.41, 5.74) is 1.99. The molecule has 108 valence electrons. The van der Waals surface area contributed by atoms with E-state index in [2.05, 4.69) is 43.3 Å². The van der Waals surface area contributed by atoms with Crippen molar-refractivity contribution in [1.82, 2.24) is 4.98 Å². The number of aryl methyl sites for hydroxylation is 1. The van der Waals surface area contributed by atoms with E-state index in [1.165, 1.54) is 4.88 Å². The summed E-state index contributed by atoms with van der Waals surface area (Å²) >= 11 is 1.76. The Kier molecular flexibility index (Phi) is 5.15. The highest BCUT2D eigenvalue weighted by atomic mass is 32.1. The van der Waals surface area contributed by atoms with E-state index >= 15 is 0 Å². The second-order valence-corrected chi connectivity index (χ2v) is 6.01. The molecule has 0 amide bonds. The molecule has 0 fully saturated rings. The Bertz CT molecular complexity index is 539. The third-order valence-electron chi connectivity index (χ3n) is 3.51. The number of aliphatic hydroxyl groups excluding tert-OH is 1. The second-order valence-electron chi connectivity index (χ2n) is 5.04. The van der Waals surface area contributed by atoms with Crippen LogP contribution in [0.15, 0.2) is 29.6 Å². The number of aliphatic hydroxyl groups is 1. The van der Waals surface area contributed by atoms with Gasteiger partial charge in [-0.3, -0.25) is 0 Å². The van der Waals surface area contributed by atoms with Crippen molar-refractivity contribution < 1.29 is 5.11 Å². The zero-order valence-corrected chi connectivity index (χ0v) is 13.2. The number of thiophene rings is 1. The van der Waals surface area contributed by atoms with Crippen LogP contribution >= 0.6 is 11.3 Å². The summed E-state index contributed by atoms with van der Waals surface area (Å²) in [6, 6.07) is 8.48. The molecule has 4 heteroatoms. The molecule has 1 unspecified atom stereocenters. The lowest BCUT2D eigenvalue weighted by atomic mass is 10.1. The Balaban J connectivity index is 2.28. The molecule has 0 aromatic carbocycles. The fourth-order valence-corrected chi connectivity index (χ4v) is 3.03. The van der Waals surface area contributed by atoms with Crippen LogP contribution in [0, 0.1) is 0 Å². The summed E-state index contributed by atoms with van der Waals surface area (Å²) in [6.45, 7) is 4.39. The van der Waals surface area contributed by atoms with Crippen molar-refractivity contribution in [2.75, 3.05) is 11.9 Å². The van der Waals surface area contributed by atoms with Crippen LogP contribution in [0.3, 0.4) is 0 Å². The minimum atomic E-state index is 0.0630. The summed E-state index contributed by atoms with van der Waals surface area (Å²) in [7, 11) is 2.06. The van der Waals surface area contributed by atoms with Crippen molar-refractivity contribution >= 4 is 17.2 Å². The molecular weight excluding hydrogens is 268 g/mol. The number of hydrogen-bond donors (Lipinski definition) is 1. The van der Waals surface area contributed by atoms with Crippen molar-refractivity contribution in [2.24, 2.45) is 0 Å². The maximum Gasteiger partial charge on any atom is 0.129 e. The van der Waals surface area contributed by atoms with Gasteiger partial charge < -0.3 is 10.0 Å². The Morgan fingerprint density at radius 3 is 2.80 bits per heavy atom. The van der Waals surface area contributed by atoms with E-state index in [0.717, 1.165) is 29.9 Å². The van der Waals surface area contributed by atoms with Crippen molar-refractivity contribution in [3.05, 3.63) is 45.8 Å². The molecule has 0 saturated heterocycles. The molecule has 2 aromatic rings. The number of hydrogen-bond acceptors (Lipinski definition) is 4. The van der Waals surface area contributed by atoms with E-state index in [9.17, 15) is 5.11 Å². The van der Waals surface area contributed by atoms with Gasteiger partial charge in [0.05, 0.1) is 12.6 Å². The van der Waals surface area contributed by atoms with Gasteiger partial charge in [0.15, 0.2) is 0 Å². The van der Waals surface area contributed by atoms with Crippen LogP contribution in [-0.2, 0) is 13.0 Å². The average Bonchev–Trinajstić information content (AvgIpc) is 2.99. The molecule has 0 bridgehead atoms. The molecular formula is C16H22N2OS. The van der Waals surface area contributed by atoms with Crippen molar-refractivity contribution in [2.45, 2.75) is 39.3 Å². The van der Waals surface area contributed by atoms with Crippen molar-refractivity contribution in [1.29, 1.82) is 0 Å². The molecule has 1 atom stereocenters. The normalized spacial score (nSPS) is 12.4. The van der Waals surface area contributed by atoms with Crippen LogP contribution in [0.5, 0.6) is 0 Å². The van der Waals surface area contributed by atoms with Crippen LogP contribution < -0.4 is 4.90 Å². The lowest BCUT2D eigenvalue weighted by Gasteiger charge is -2.26. The van der Waals surface area contributed by atoms with Gasteiger partial charge in [0.2, 0.25) is 0 Å². The second kappa shape index (κ2) is 6.86.